The highest BCUT2D eigenvalue weighted by Gasteiger charge is 2.08. The number of guanidine groups is 2. The third kappa shape index (κ3) is 4.28. The molecule has 2 rings (SSSR count). The molecule has 0 spiro atoms. The predicted octanol–water partition coefficient (Wildman–Crippen LogP) is 3.01. The molecule has 2 aromatic rings. The van der Waals surface area contributed by atoms with Gasteiger partial charge in [0.2, 0.25) is 5.96 Å². The van der Waals surface area contributed by atoms with E-state index in [1.165, 1.54) is 0 Å². The Hall–Kier alpha value is -2.44. The van der Waals surface area contributed by atoms with Crippen molar-refractivity contribution in [3.63, 3.8) is 0 Å². The summed E-state index contributed by atoms with van der Waals surface area (Å²) in [5.41, 5.74) is 16.6. The Bertz CT molecular complexity index is 742. The van der Waals surface area contributed by atoms with Crippen LogP contribution in [0.2, 0.25) is 10.0 Å². The van der Waals surface area contributed by atoms with E-state index in [4.69, 9.17) is 45.1 Å². The van der Waals surface area contributed by atoms with Gasteiger partial charge in [0.1, 0.15) is 11.4 Å². The van der Waals surface area contributed by atoms with Crippen molar-refractivity contribution in [3.05, 3.63) is 52.5 Å². The second-order valence-corrected chi connectivity index (χ2v) is 4.99. The summed E-state index contributed by atoms with van der Waals surface area (Å²) in [6.45, 7) is 0. The number of halogens is 2. The fraction of sp³-hybridized carbons (Fsp3) is 0. The average molecular weight is 338 g/mol. The molecule has 0 aromatic heterocycles. The number of nitrogens with two attached hydrogens (primary N) is 3. The Morgan fingerprint density at radius 2 is 1.68 bits per heavy atom. The topological polar surface area (TPSA) is 112 Å². The molecular formula is C14H13Cl2N5O. The fourth-order valence-corrected chi connectivity index (χ4v) is 2.04. The molecule has 6 N–H and O–H groups in total. The fourth-order valence-electron chi connectivity index (χ4n) is 1.59. The zero-order valence-electron chi connectivity index (χ0n) is 11.3. The van der Waals surface area contributed by atoms with Crippen molar-refractivity contribution < 1.29 is 4.74 Å². The largest absolute Gasteiger partial charge is 0.454 e. The van der Waals surface area contributed by atoms with Crippen LogP contribution in [0.3, 0.4) is 0 Å². The summed E-state index contributed by atoms with van der Waals surface area (Å²) in [5, 5.41) is 0.893. The Morgan fingerprint density at radius 3 is 2.36 bits per heavy atom. The number of ether oxygens (including phenoxy) is 1. The normalized spacial score (nSPS) is 11.1. The van der Waals surface area contributed by atoms with Gasteiger partial charge >= 0.3 is 0 Å². The molecule has 0 amide bonds. The van der Waals surface area contributed by atoms with E-state index in [-0.39, 0.29) is 11.9 Å². The number of benzene rings is 2. The highest BCUT2D eigenvalue weighted by molar-refractivity contribution is 6.35. The third-order valence-electron chi connectivity index (χ3n) is 2.46. The van der Waals surface area contributed by atoms with E-state index >= 15 is 0 Å². The molecule has 0 radical (unpaired) electrons. The lowest BCUT2D eigenvalue weighted by molar-refractivity contribution is 0.484. The van der Waals surface area contributed by atoms with Crippen LogP contribution in [0, 0.1) is 0 Å². The first-order chi connectivity index (χ1) is 10.5. The maximum absolute atomic E-state index is 6.08. The molecule has 0 atom stereocenters. The molecule has 0 unspecified atom stereocenters. The number of hydrogen-bond donors (Lipinski definition) is 3. The van der Waals surface area contributed by atoms with Crippen LogP contribution in [-0.2, 0) is 0 Å². The smallest absolute Gasteiger partial charge is 0.223 e. The average Bonchev–Trinajstić information content (AvgIpc) is 2.43. The van der Waals surface area contributed by atoms with Gasteiger partial charge in [-0.25, -0.2) is 4.99 Å². The molecule has 22 heavy (non-hydrogen) atoms. The SMILES string of the molecule is NC(N)=NC(N)=Nc1ccccc1Oc1ccc(Cl)cc1Cl. The summed E-state index contributed by atoms with van der Waals surface area (Å²) in [6, 6.07) is 11.9. The van der Waals surface area contributed by atoms with Gasteiger partial charge in [0.25, 0.3) is 0 Å². The van der Waals surface area contributed by atoms with Gasteiger partial charge in [0, 0.05) is 5.02 Å². The highest BCUT2D eigenvalue weighted by Crippen LogP contribution is 2.36. The van der Waals surface area contributed by atoms with Crippen molar-refractivity contribution in [2.24, 2.45) is 27.2 Å². The maximum atomic E-state index is 6.08. The Balaban J connectivity index is 2.34. The van der Waals surface area contributed by atoms with Crippen LogP contribution in [-0.4, -0.2) is 11.9 Å². The van der Waals surface area contributed by atoms with E-state index in [1.807, 2.05) is 0 Å². The Morgan fingerprint density at radius 1 is 0.955 bits per heavy atom. The predicted molar refractivity (Wildman–Crippen MR) is 90.1 cm³/mol. The lowest BCUT2D eigenvalue weighted by atomic mass is 10.3. The summed E-state index contributed by atoms with van der Waals surface area (Å²) in [6.07, 6.45) is 0. The number of aliphatic imine (C=N–C) groups is 2. The molecule has 0 heterocycles. The lowest BCUT2D eigenvalue weighted by Gasteiger charge is -2.10. The highest BCUT2D eigenvalue weighted by atomic mass is 35.5. The van der Waals surface area contributed by atoms with Crippen molar-refractivity contribution in [2.45, 2.75) is 0 Å². The van der Waals surface area contributed by atoms with Crippen molar-refractivity contribution in [3.8, 4) is 11.5 Å². The molecule has 0 saturated heterocycles. The van der Waals surface area contributed by atoms with Crippen LogP contribution in [0.4, 0.5) is 5.69 Å². The number of para-hydroxylation sites is 2. The minimum atomic E-state index is -0.180. The first-order valence-electron chi connectivity index (χ1n) is 6.11. The van der Waals surface area contributed by atoms with E-state index < -0.39 is 0 Å². The minimum absolute atomic E-state index is 0.0850. The Labute approximate surface area is 137 Å². The van der Waals surface area contributed by atoms with Crippen LogP contribution in [0.25, 0.3) is 0 Å². The van der Waals surface area contributed by atoms with Crippen LogP contribution >= 0.6 is 23.2 Å². The zero-order chi connectivity index (χ0) is 16.1. The van der Waals surface area contributed by atoms with Crippen molar-refractivity contribution in [2.75, 3.05) is 0 Å². The Kier molecular flexibility index (Phi) is 5.08. The molecule has 0 saturated carbocycles. The quantitative estimate of drug-likeness (QED) is 0.590. The second-order valence-electron chi connectivity index (χ2n) is 4.15. The van der Waals surface area contributed by atoms with E-state index in [0.717, 1.165) is 0 Å². The first-order valence-corrected chi connectivity index (χ1v) is 6.87. The molecule has 8 heteroatoms. The molecule has 0 fully saturated rings. The summed E-state index contributed by atoms with van der Waals surface area (Å²) < 4.78 is 5.74. The number of hydrogen-bond acceptors (Lipinski definition) is 2. The van der Waals surface area contributed by atoms with Crippen molar-refractivity contribution in [1.82, 2.24) is 0 Å². The second kappa shape index (κ2) is 7.02. The van der Waals surface area contributed by atoms with E-state index in [9.17, 15) is 0 Å². The number of rotatable bonds is 3. The summed E-state index contributed by atoms with van der Waals surface area (Å²) in [5.74, 6) is 0.619. The molecule has 0 aliphatic carbocycles. The lowest BCUT2D eigenvalue weighted by Crippen LogP contribution is -2.26. The third-order valence-corrected chi connectivity index (χ3v) is 2.99. The molecule has 2 aromatic carbocycles. The van der Waals surface area contributed by atoms with Gasteiger partial charge in [-0.1, -0.05) is 35.3 Å². The molecule has 0 aliphatic rings. The number of nitrogens with zero attached hydrogens (tertiary/aromatic N) is 2. The van der Waals surface area contributed by atoms with Gasteiger partial charge in [-0.2, -0.15) is 4.99 Å². The molecule has 114 valence electrons. The molecule has 0 bridgehead atoms. The van der Waals surface area contributed by atoms with Gasteiger partial charge < -0.3 is 21.9 Å². The zero-order valence-corrected chi connectivity index (χ0v) is 12.8. The van der Waals surface area contributed by atoms with E-state index in [2.05, 4.69) is 9.98 Å². The van der Waals surface area contributed by atoms with Gasteiger partial charge in [0.15, 0.2) is 11.7 Å². The van der Waals surface area contributed by atoms with Crippen LogP contribution in [0.1, 0.15) is 0 Å². The minimum Gasteiger partial charge on any atom is -0.454 e. The van der Waals surface area contributed by atoms with Gasteiger partial charge in [0.05, 0.1) is 5.02 Å². The monoisotopic (exact) mass is 337 g/mol. The summed E-state index contributed by atoms with van der Waals surface area (Å²) >= 11 is 11.9. The maximum Gasteiger partial charge on any atom is 0.223 e. The summed E-state index contributed by atoms with van der Waals surface area (Å²) in [7, 11) is 0. The molecular weight excluding hydrogens is 325 g/mol. The van der Waals surface area contributed by atoms with Gasteiger partial charge in [-0.05, 0) is 30.3 Å². The van der Waals surface area contributed by atoms with Crippen molar-refractivity contribution in [1.29, 1.82) is 0 Å². The van der Waals surface area contributed by atoms with E-state index in [0.29, 0.717) is 27.2 Å². The van der Waals surface area contributed by atoms with Crippen molar-refractivity contribution >= 4 is 40.8 Å². The molecule has 6 nitrogen and oxygen atoms in total. The van der Waals surface area contributed by atoms with Crippen LogP contribution in [0.5, 0.6) is 11.5 Å². The van der Waals surface area contributed by atoms with Gasteiger partial charge in [-0.3, -0.25) is 0 Å². The van der Waals surface area contributed by atoms with E-state index in [1.54, 1.807) is 42.5 Å². The van der Waals surface area contributed by atoms with Crippen LogP contribution < -0.4 is 21.9 Å². The van der Waals surface area contributed by atoms with Crippen LogP contribution in [0.15, 0.2) is 52.4 Å². The summed E-state index contributed by atoms with van der Waals surface area (Å²) in [4.78, 5) is 7.75. The molecule has 0 aliphatic heterocycles. The standard InChI is InChI=1S/C14H13Cl2N5O/c15-8-5-6-11(9(16)7-8)22-12-4-2-1-3-10(12)20-14(19)21-13(17)18/h1-7H,(H6,17,18,19,20,21). The first kappa shape index (κ1) is 15.9. The van der Waals surface area contributed by atoms with Gasteiger partial charge in [-0.15, -0.1) is 0 Å².